The maximum Gasteiger partial charge on any atom is 0.306 e. The summed E-state index contributed by atoms with van der Waals surface area (Å²) in [6, 6.07) is 0. The lowest BCUT2D eigenvalue weighted by molar-refractivity contribution is -0.167. The second kappa shape index (κ2) is 56.4. The van der Waals surface area contributed by atoms with Gasteiger partial charge in [0.15, 0.2) is 6.10 Å². The molecule has 0 amide bonds. The van der Waals surface area contributed by atoms with Crippen molar-refractivity contribution >= 4 is 17.9 Å². The number of hydrogen-bond donors (Lipinski definition) is 0. The van der Waals surface area contributed by atoms with Crippen molar-refractivity contribution in [3.63, 3.8) is 0 Å². The largest absolute Gasteiger partial charge is 0.462 e. The van der Waals surface area contributed by atoms with Crippen LogP contribution in [0.25, 0.3) is 0 Å². The number of carbonyl (C=O) groups excluding carboxylic acids is 3. The zero-order chi connectivity index (χ0) is 49.3. The molecular formula is C62H108O6. The minimum atomic E-state index is -0.791. The van der Waals surface area contributed by atoms with Crippen molar-refractivity contribution in [2.24, 2.45) is 0 Å². The van der Waals surface area contributed by atoms with Crippen molar-refractivity contribution in [2.75, 3.05) is 13.2 Å². The van der Waals surface area contributed by atoms with Crippen LogP contribution in [0.15, 0.2) is 72.9 Å². The van der Waals surface area contributed by atoms with Crippen LogP contribution in [0, 0.1) is 0 Å². The summed E-state index contributed by atoms with van der Waals surface area (Å²) in [7, 11) is 0. The lowest BCUT2D eigenvalue weighted by atomic mass is 10.1. The summed E-state index contributed by atoms with van der Waals surface area (Å²) in [5.41, 5.74) is 0. The second-order valence-corrected chi connectivity index (χ2v) is 19.2. The van der Waals surface area contributed by atoms with E-state index in [4.69, 9.17) is 14.2 Å². The molecular weight excluding hydrogens is 841 g/mol. The fourth-order valence-electron chi connectivity index (χ4n) is 8.07. The van der Waals surface area contributed by atoms with Gasteiger partial charge in [0.25, 0.3) is 0 Å². The van der Waals surface area contributed by atoms with Gasteiger partial charge >= 0.3 is 17.9 Å². The maximum atomic E-state index is 12.9. The number of allylic oxidation sites excluding steroid dienone is 12. The Morgan fingerprint density at radius 2 is 0.574 bits per heavy atom. The van der Waals surface area contributed by atoms with E-state index in [1.165, 1.54) is 122 Å². The van der Waals surface area contributed by atoms with E-state index in [-0.39, 0.29) is 31.1 Å². The molecule has 0 heterocycles. The molecule has 0 aromatic rings. The highest BCUT2D eigenvalue weighted by atomic mass is 16.6. The molecule has 392 valence electrons. The number of esters is 3. The van der Waals surface area contributed by atoms with E-state index >= 15 is 0 Å². The van der Waals surface area contributed by atoms with Gasteiger partial charge in [-0.2, -0.15) is 0 Å². The SMILES string of the molecule is CC/C=C\C/C=C\C/C=C\CCCCCCCC(=O)OCC(COC(=O)CCCCCCCCCCC/C=C\CCCCCCCC)OC(=O)CCCCCCC/C=C\C/C=C\CCCCCC. The lowest BCUT2D eigenvalue weighted by Gasteiger charge is -2.18. The van der Waals surface area contributed by atoms with Gasteiger partial charge in [-0.3, -0.25) is 14.4 Å². The van der Waals surface area contributed by atoms with Crippen LogP contribution < -0.4 is 0 Å². The van der Waals surface area contributed by atoms with Gasteiger partial charge in [-0.15, -0.1) is 0 Å². The minimum Gasteiger partial charge on any atom is -0.462 e. The van der Waals surface area contributed by atoms with E-state index in [9.17, 15) is 14.4 Å². The van der Waals surface area contributed by atoms with Crippen LogP contribution in [0.4, 0.5) is 0 Å². The van der Waals surface area contributed by atoms with Gasteiger partial charge < -0.3 is 14.2 Å². The lowest BCUT2D eigenvalue weighted by Crippen LogP contribution is -2.30. The molecule has 6 nitrogen and oxygen atoms in total. The van der Waals surface area contributed by atoms with Gasteiger partial charge in [0.05, 0.1) is 0 Å². The fourth-order valence-corrected chi connectivity index (χ4v) is 8.07. The highest BCUT2D eigenvalue weighted by Crippen LogP contribution is 2.15. The molecule has 0 bridgehead atoms. The van der Waals surface area contributed by atoms with Gasteiger partial charge in [-0.05, 0) is 109 Å². The molecule has 1 atom stereocenters. The summed E-state index contributed by atoms with van der Waals surface area (Å²) in [6.45, 7) is 6.50. The van der Waals surface area contributed by atoms with Crippen LogP contribution in [0.3, 0.4) is 0 Å². The van der Waals surface area contributed by atoms with E-state index in [0.29, 0.717) is 19.3 Å². The first-order chi connectivity index (χ1) is 33.5. The molecule has 0 N–H and O–H groups in total. The van der Waals surface area contributed by atoms with Gasteiger partial charge in [0, 0.05) is 19.3 Å². The molecule has 1 unspecified atom stereocenters. The average molecular weight is 950 g/mol. The molecule has 0 spiro atoms. The number of unbranched alkanes of at least 4 members (excludes halogenated alkanes) is 29. The van der Waals surface area contributed by atoms with Crippen LogP contribution in [0.2, 0.25) is 0 Å². The maximum absolute atomic E-state index is 12.9. The van der Waals surface area contributed by atoms with E-state index in [2.05, 4.69) is 93.7 Å². The molecule has 0 radical (unpaired) electrons. The Morgan fingerprint density at radius 3 is 0.926 bits per heavy atom. The Hall–Kier alpha value is -3.15. The molecule has 0 aliphatic heterocycles. The quantitative estimate of drug-likeness (QED) is 0.0262. The highest BCUT2D eigenvalue weighted by molar-refractivity contribution is 5.71. The number of carbonyl (C=O) groups is 3. The van der Waals surface area contributed by atoms with Crippen molar-refractivity contribution in [3.8, 4) is 0 Å². The van der Waals surface area contributed by atoms with Gasteiger partial charge in [-0.25, -0.2) is 0 Å². The van der Waals surface area contributed by atoms with E-state index < -0.39 is 6.10 Å². The highest BCUT2D eigenvalue weighted by Gasteiger charge is 2.19. The molecule has 6 heteroatoms. The third-order valence-corrected chi connectivity index (χ3v) is 12.4. The first-order valence-electron chi connectivity index (χ1n) is 28.9. The number of ether oxygens (including phenoxy) is 3. The van der Waals surface area contributed by atoms with Crippen LogP contribution in [-0.2, 0) is 28.6 Å². The van der Waals surface area contributed by atoms with E-state index in [1.54, 1.807) is 0 Å². The number of rotatable bonds is 52. The van der Waals surface area contributed by atoms with Crippen LogP contribution >= 0.6 is 0 Å². The van der Waals surface area contributed by atoms with Crippen LogP contribution in [0.1, 0.15) is 284 Å². The summed E-state index contributed by atoms with van der Waals surface area (Å²) in [5, 5.41) is 0. The average Bonchev–Trinajstić information content (AvgIpc) is 3.34. The summed E-state index contributed by atoms with van der Waals surface area (Å²) in [5.74, 6) is -0.913. The Kier molecular flexibility index (Phi) is 53.8. The first kappa shape index (κ1) is 64.8. The Balaban J connectivity index is 4.40. The summed E-state index contributed by atoms with van der Waals surface area (Å²) >= 11 is 0. The fraction of sp³-hybridized carbons (Fsp3) is 0.758. The minimum absolute atomic E-state index is 0.0872. The molecule has 0 aromatic heterocycles. The van der Waals surface area contributed by atoms with Gasteiger partial charge in [-0.1, -0.05) is 229 Å². The van der Waals surface area contributed by atoms with Gasteiger partial charge in [0.2, 0.25) is 0 Å². The van der Waals surface area contributed by atoms with Crippen molar-refractivity contribution in [1.29, 1.82) is 0 Å². The van der Waals surface area contributed by atoms with E-state index in [1.807, 2.05) is 0 Å². The van der Waals surface area contributed by atoms with Crippen molar-refractivity contribution in [1.82, 2.24) is 0 Å². The first-order valence-corrected chi connectivity index (χ1v) is 28.9. The summed E-state index contributed by atoms with van der Waals surface area (Å²) in [4.78, 5) is 38.2. The third kappa shape index (κ3) is 53.8. The smallest absolute Gasteiger partial charge is 0.306 e. The van der Waals surface area contributed by atoms with E-state index in [0.717, 1.165) is 122 Å². The molecule has 0 saturated heterocycles. The van der Waals surface area contributed by atoms with Crippen molar-refractivity contribution < 1.29 is 28.6 Å². The van der Waals surface area contributed by atoms with Crippen LogP contribution in [-0.4, -0.2) is 37.2 Å². The molecule has 0 aliphatic carbocycles. The molecule has 0 aliphatic rings. The van der Waals surface area contributed by atoms with Crippen molar-refractivity contribution in [3.05, 3.63) is 72.9 Å². The molecule has 0 saturated carbocycles. The Labute approximate surface area is 421 Å². The molecule has 68 heavy (non-hydrogen) atoms. The number of hydrogen-bond acceptors (Lipinski definition) is 6. The second-order valence-electron chi connectivity index (χ2n) is 19.2. The third-order valence-electron chi connectivity index (χ3n) is 12.4. The topological polar surface area (TPSA) is 78.9 Å². The van der Waals surface area contributed by atoms with Crippen LogP contribution in [0.5, 0.6) is 0 Å². The molecule has 0 rings (SSSR count). The zero-order valence-electron chi connectivity index (χ0n) is 44.9. The zero-order valence-corrected chi connectivity index (χ0v) is 44.9. The normalized spacial score (nSPS) is 12.6. The van der Waals surface area contributed by atoms with Crippen molar-refractivity contribution in [2.45, 2.75) is 290 Å². The molecule has 0 aromatic carbocycles. The summed E-state index contributed by atoms with van der Waals surface area (Å²) in [6.07, 6.45) is 71.7. The Morgan fingerprint density at radius 1 is 0.309 bits per heavy atom. The predicted octanol–water partition coefficient (Wildman–Crippen LogP) is 19.4. The monoisotopic (exact) mass is 949 g/mol. The predicted molar refractivity (Wildman–Crippen MR) is 293 cm³/mol. The standard InChI is InChI=1S/C62H108O6/c1-4-7-10-13-16-19-22-25-28-30-31-32-35-37-40-43-46-49-52-55-61(64)67-58-59(57-66-60(63)54-51-48-45-42-39-36-33-27-24-21-18-15-12-9-6-3)68-62(65)56-53-50-47-44-41-38-34-29-26-23-20-17-14-11-8-5-2/h9,12,18,20-21,23,25,27-29,33-34,59H,4-8,10-11,13-17,19,22,24,26,30-32,35-58H2,1-3H3/b12-9-,21-18-,23-20-,28-25-,33-27-,34-29-. The molecule has 0 fully saturated rings. The van der Waals surface area contributed by atoms with Gasteiger partial charge in [0.1, 0.15) is 13.2 Å². The summed E-state index contributed by atoms with van der Waals surface area (Å²) < 4.78 is 16.9. The Bertz CT molecular complexity index is 1270.